The lowest BCUT2D eigenvalue weighted by atomic mass is 10.3. The van der Waals surface area contributed by atoms with Crippen molar-refractivity contribution in [3.8, 4) is 0 Å². The number of hydrogen-bond donors (Lipinski definition) is 1. The summed E-state index contributed by atoms with van der Waals surface area (Å²) < 4.78 is 3.23. The molecular formula is C13H6N6S2. The molecule has 6 nitrogen and oxygen atoms in total. The molecule has 1 aromatic carbocycles. The van der Waals surface area contributed by atoms with Crippen LogP contribution >= 0.6 is 23.6 Å². The van der Waals surface area contributed by atoms with Crippen LogP contribution in [0.15, 0.2) is 30.6 Å². The molecule has 1 N–H and O–H groups in total. The number of H-pyrrole nitrogens is 1. The molecule has 100 valence electrons. The second-order valence-corrected chi connectivity index (χ2v) is 6.00. The average Bonchev–Trinajstić information content (AvgIpc) is 3.05. The fourth-order valence-corrected chi connectivity index (χ4v) is 3.66. The Bertz CT molecular complexity index is 1220. The van der Waals surface area contributed by atoms with E-state index in [4.69, 9.17) is 17.2 Å². The second kappa shape index (κ2) is 3.80. The SMILES string of the molecule is S=c1[nH]nc2c3sc4nc5ccccc5nc4c3ncn12. The molecule has 5 rings (SSSR count). The summed E-state index contributed by atoms with van der Waals surface area (Å²) in [5.74, 6) is 0. The monoisotopic (exact) mass is 310 g/mol. The Kier molecular flexibility index (Phi) is 2.04. The Morgan fingerprint density at radius 2 is 1.90 bits per heavy atom. The van der Waals surface area contributed by atoms with Crippen molar-refractivity contribution in [1.29, 1.82) is 0 Å². The largest absolute Gasteiger partial charge is 0.257 e. The summed E-state index contributed by atoms with van der Waals surface area (Å²) in [6, 6.07) is 7.82. The summed E-state index contributed by atoms with van der Waals surface area (Å²) in [4.78, 5) is 14.7. The zero-order valence-corrected chi connectivity index (χ0v) is 12.1. The molecule has 0 aliphatic heterocycles. The van der Waals surface area contributed by atoms with Crippen LogP contribution in [0.25, 0.3) is 37.2 Å². The van der Waals surface area contributed by atoms with E-state index < -0.39 is 0 Å². The van der Waals surface area contributed by atoms with E-state index >= 15 is 0 Å². The molecule has 0 aliphatic carbocycles. The van der Waals surface area contributed by atoms with E-state index in [1.54, 1.807) is 10.7 Å². The zero-order valence-electron chi connectivity index (χ0n) is 10.4. The van der Waals surface area contributed by atoms with Gasteiger partial charge in [0, 0.05) is 0 Å². The first kappa shape index (κ1) is 11.2. The smallest absolute Gasteiger partial charge is 0.200 e. The van der Waals surface area contributed by atoms with Crippen molar-refractivity contribution in [2.24, 2.45) is 0 Å². The van der Waals surface area contributed by atoms with E-state index in [2.05, 4.69) is 20.2 Å². The van der Waals surface area contributed by atoms with E-state index in [0.717, 1.165) is 37.2 Å². The number of rotatable bonds is 0. The van der Waals surface area contributed by atoms with E-state index in [0.29, 0.717) is 4.77 Å². The number of nitrogens with zero attached hydrogens (tertiary/aromatic N) is 5. The van der Waals surface area contributed by atoms with E-state index in [-0.39, 0.29) is 0 Å². The van der Waals surface area contributed by atoms with Gasteiger partial charge in [0.2, 0.25) is 4.77 Å². The summed E-state index contributed by atoms with van der Waals surface area (Å²) in [5.41, 5.74) is 4.13. The third-order valence-electron chi connectivity index (χ3n) is 3.39. The standard InChI is InChI=1S/C13H6N6S2/c20-13-18-17-11-10-8(14-5-19(11)13)9-12(21-10)16-7-4-2-1-3-6(7)15-9/h1-5H,(H,18,20). The van der Waals surface area contributed by atoms with Gasteiger partial charge in [-0.15, -0.1) is 11.3 Å². The number of benzene rings is 1. The van der Waals surface area contributed by atoms with E-state index in [9.17, 15) is 0 Å². The van der Waals surface area contributed by atoms with Crippen molar-refractivity contribution in [3.05, 3.63) is 35.4 Å². The Balaban J connectivity index is 2.06. The molecule has 0 saturated carbocycles. The van der Waals surface area contributed by atoms with Gasteiger partial charge in [-0.25, -0.2) is 15.0 Å². The third kappa shape index (κ3) is 1.43. The molecule has 0 aliphatic rings. The highest BCUT2D eigenvalue weighted by molar-refractivity contribution is 7.71. The van der Waals surface area contributed by atoms with Crippen molar-refractivity contribution in [1.82, 2.24) is 29.5 Å². The second-order valence-electron chi connectivity index (χ2n) is 4.61. The molecule has 5 aromatic rings. The van der Waals surface area contributed by atoms with Gasteiger partial charge in [-0.1, -0.05) is 12.1 Å². The van der Waals surface area contributed by atoms with Crippen LogP contribution in [0, 0.1) is 4.77 Å². The van der Waals surface area contributed by atoms with Crippen LogP contribution in [0.3, 0.4) is 0 Å². The fourth-order valence-electron chi connectivity index (χ4n) is 2.42. The first-order chi connectivity index (χ1) is 10.3. The molecule has 0 unspecified atom stereocenters. The molecule has 0 spiro atoms. The van der Waals surface area contributed by atoms with Crippen LogP contribution in [-0.2, 0) is 0 Å². The minimum absolute atomic E-state index is 0.530. The van der Waals surface area contributed by atoms with Crippen LogP contribution < -0.4 is 0 Å². The summed E-state index contributed by atoms with van der Waals surface area (Å²) in [6.45, 7) is 0. The third-order valence-corrected chi connectivity index (χ3v) is 4.73. The maximum absolute atomic E-state index is 5.18. The van der Waals surface area contributed by atoms with Gasteiger partial charge >= 0.3 is 0 Å². The van der Waals surface area contributed by atoms with Gasteiger partial charge in [-0.2, -0.15) is 5.10 Å². The minimum Gasteiger partial charge on any atom is -0.257 e. The minimum atomic E-state index is 0.530. The van der Waals surface area contributed by atoms with Crippen molar-refractivity contribution in [2.45, 2.75) is 0 Å². The molecule has 4 aromatic heterocycles. The van der Waals surface area contributed by atoms with Gasteiger partial charge in [0.1, 0.15) is 26.9 Å². The number of thiophene rings is 1. The molecular weight excluding hydrogens is 304 g/mol. The number of aromatic nitrogens is 6. The van der Waals surface area contributed by atoms with Gasteiger partial charge < -0.3 is 0 Å². The van der Waals surface area contributed by atoms with Crippen LogP contribution in [0.4, 0.5) is 0 Å². The first-order valence-corrected chi connectivity index (χ1v) is 7.44. The molecule has 0 radical (unpaired) electrons. The number of aromatic amines is 1. The molecule has 4 heterocycles. The van der Waals surface area contributed by atoms with Gasteiger partial charge in [0.15, 0.2) is 5.65 Å². The maximum atomic E-state index is 5.18. The van der Waals surface area contributed by atoms with Crippen LogP contribution in [0.1, 0.15) is 0 Å². The molecule has 8 heteroatoms. The predicted octanol–water partition coefficient (Wildman–Crippen LogP) is 3.10. The van der Waals surface area contributed by atoms with E-state index in [1.165, 1.54) is 11.3 Å². The zero-order chi connectivity index (χ0) is 14.0. The predicted molar refractivity (Wildman–Crippen MR) is 84.2 cm³/mol. The van der Waals surface area contributed by atoms with E-state index in [1.807, 2.05) is 24.3 Å². The summed E-state index contributed by atoms with van der Waals surface area (Å²) in [5, 5.41) is 7.06. The number of para-hydroxylation sites is 2. The first-order valence-electron chi connectivity index (χ1n) is 6.22. The van der Waals surface area contributed by atoms with Crippen LogP contribution in [-0.4, -0.2) is 29.5 Å². The molecule has 0 atom stereocenters. The summed E-state index contributed by atoms with van der Waals surface area (Å²) in [6.07, 6.45) is 1.67. The van der Waals surface area contributed by atoms with Crippen LogP contribution in [0.5, 0.6) is 0 Å². The lowest BCUT2D eigenvalue weighted by Gasteiger charge is -1.96. The van der Waals surface area contributed by atoms with Crippen LogP contribution in [0.2, 0.25) is 0 Å². The van der Waals surface area contributed by atoms with Gasteiger partial charge in [0.25, 0.3) is 0 Å². The number of hydrogen-bond acceptors (Lipinski definition) is 6. The Morgan fingerprint density at radius 1 is 1.10 bits per heavy atom. The van der Waals surface area contributed by atoms with Crippen molar-refractivity contribution >= 4 is 60.8 Å². The van der Waals surface area contributed by atoms with Gasteiger partial charge in [-0.05, 0) is 24.4 Å². The maximum Gasteiger partial charge on any atom is 0.200 e. The quantitative estimate of drug-likeness (QED) is 0.445. The normalized spacial score (nSPS) is 12.0. The molecule has 0 saturated heterocycles. The fraction of sp³-hybridized carbons (Fsp3) is 0. The number of nitrogens with one attached hydrogen (secondary N) is 1. The van der Waals surface area contributed by atoms with Crippen molar-refractivity contribution in [3.63, 3.8) is 0 Å². The average molecular weight is 310 g/mol. The Morgan fingerprint density at radius 3 is 2.76 bits per heavy atom. The van der Waals surface area contributed by atoms with Crippen molar-refractivity contribution < 1.29 is 0 Å². The Labute approximate surface area is 126 Å². The number of fused-ring (bicyclic) bond motifs is 6. The summed E-state index contributed by atoms with van der Waals surface area (Å²) in [7, 11) is 0. The molecule has 21 heavy (non-hydrogen) atoms. The molecule has 0 amide bonds. The molecule has 0 bridgehead atoms. The lowest BCUT2D eigenvalue weighted by molar-refractivity contribution is 1.05. The molecule has 0 fully saturated rings. The van der Waals surface area contributed by atoms with Gasteiger partial charge in [-0.3, -0.25) is 9.50 Å². The Hall–Kier alpha value is -2.45. The van der Waals surface area contributed by atoms with Crippen molar-refractivity contribution in [2.75, 3.05) is 0 Å². The highest BCUT2D eigenvalue weighted by Crippen LogP contribution is 2.33. The highest BCUT2D eigenvalue weighted by Gasteiger charge is 2.14. The highest BCUT2D eigenvalue weighted by atomic mass is 32.1. The summed E-state index contributed by atoms with van der Waals surface area (Å²) >= 11 is 6.71. The lowest BCUT2D eigenvalue weighted by Crippen LogP contribution is -1.88. The topological polar surface area (TPSA) is 71.8 Å². The van der Waals surface area contributed by atoms with Gasteiger partial charge in [0.05, 0.1) is 11.0 Å².